The van der Waals surface area contributed by atoms with E-state index in [1.165, 1.54) is 6.07 Å². The first-order valence-electron chi connectivity index (χ1n) is 3.15. The first kappa shape index (κ1) is 7.53. The molecular formula is C7H8N2O2. The normalized spacial score (nSPS) is 9.09. The van der Waals surface area contributed by atoms with Crippen LogP contribution in [0.4, 0.5) is 5.69 Å². The van der Waals surface area contributed by atoms with E-state index in [0.717, 1.165) is 0 Å². The van der Waals surface area contributed by atoms with Crippen molar-refractivity contribution >= 4 is 5.69 Å². The number of nitrogens with one attached hydrogen (secondary N) is 1. The number of phenols is 1. The zero-order chi connectivity index (χ0) is 8.10. The minimum atomic E-state index is 0.0173. The Morgan fingerprint density at radius 1 is 1.55 bits per heavy atom. The predicted molar refractivity (Wildman–Crippen MR) is 42.4 cm³/mol. The van der Waals surface area contributed by atoms with Gasteiger partial charge in [-0.2, -0.15) is 0 Å². The summed E-state index contributed by atoms with van der Waals surface area (Å²) in [5.41, 5.74) is 0.685. The lowest BCUT2D eigenvalue weighted by Crippen LogP contribution is -1.96. The summed E-state index contributed by atoms with van der Waals surface area (Å²) in [5, 5.41) is 14.3. The second kappa shape index (κ2) is 3.55. The first-order chi connectivity index (χ1) is 5.33. The van der Waals surface area contributed by atoms with Gasteiger partial charge in [0.1, 0.15) is 12.4 Å². The number of phenolic OH excluding ortho intramolecular Hbond substituents is 1. The maximum absolute atomic E-state index is 9.69. The van der Waals surface area contributed by atoms with Crippen LogP contribution in [0.1, 0.15) is 0 Å². The molecule has 0 atom stereocenters. The van der Waals surface area contributed by atoms with E-state index in [1.54, 1.807) is 18.2 Å². The quantitative estimate of drug-likeness (QED) is 0.645. The third kappa shape index (κ3) is 2.25. The van der Waals surface area contributed by atoms with Crippen LogP contribution in [0.5, 0.6) is 5.75 Å². The highest BCUT2D eigenvalue weighted by atomic mass is 16.3. The Bertz CT molecular complexity index is 250. The molecular weight excluding hydrogens is 144 g/mol. The zero-order valence-corrected chi connectivity index (χ0v) is 5.82. The molecule has 0 fully saturated rings. The van der Waals surface area contributed by atoms with Crippen LogP contribution in [-0.2, 0) is 0 Å². The molecule has 0 saturated carbocycles. The number of benzene rings is 1. The lowest BCUT2D eigenvalue weighted by Gasteiger charge is -2.00. The fourth-order valence-corrected chi connectivity index (χ4v) is 0.739. The third-order valence-electron chi connectivity index (χ3n) is 1.19. The molecule has 4 nitrogen and oxygen atoms in total. The van der Waals surface area contributed by atoms with E-state index in [1.807, 2.05) is 0 Å². The summed E-state index contributed by atoms with van der Waals surface area (Å²) in [4.78, 5) is 9.69. The lowest BCUT2D eigenvalue weighted by atomic mass is 10.3. The van der Waals surface area contributed by atoms with Gasteiger partial charge in [-0.1, -0.05) is 6.07 Å². The Morgan fingerprint density at radius 3 is 3.00 bits per heavy atom. The van der Waals surface area contributed by atoms with Crippen molar-refractivity contribution in [2.45, 2.75) is 0 Å². The van der Waals surface area contributed by atoms with Crippen molar-refractivity contribution in [3.05, 3.63) is 29.2 Å². The number of rotatable bonds is 3. The summed E-state index contributed by atoms with van der Waals surface area (Å²) in [7, 11) is 0. The van der Waals surface area contributed by atoms with Gasteiger partial charge in [0.2, 0.25) is 0 Å². The zero-order valence-electron chi connectivity index (χ0n) is 5.82. The molecule has 0 saturated heterocycles. The molecule has 1 rings (SSSR count). The van der Waals surface area contributed by atoms with Crippen LogP contribution >= 0.6 is 0 Å². The molecule has 0 heterocycles. The molecule has 0 aliphatic carbocycles. The van der Waals surface area contributed by atoms with Gasteiger partial charge in [0, 0.05) is 11.8 Å². The van der Waals surface area contributed by atoms with Gasteiger partial charge in [0.25, 0.3) is 0 Å². The topological polar surface area (TPSA) is 61.7 Å². The van der Waals surface area contributed by atoms with Gasteiger partial charge in [-0.05, 0) is 17.3 Å². The van der Waals surface area contributed by atoms with E-state index in [4.69, 9.17) is 5.11 Å². The highest BCUT2D eigenvalue weighted by molar-refractivity contribution is 5.47. The van der Waals surface area contributed by atoms with Crippen LogP contribution in [0.3, 0.4) is 0 Å². The van der Waals surface area contributed by atoms with E-state index in [2.05, 4.69) is 10.5 Å². The van der Waals surface area contributed by atoms with Crippen molar-refractivity contribution in [3.8, 4) is 5.75 Å². The summed E-state index contributed by atoms with van der Waals surface area (Å²) in [6.45, 7) is 0.0173. The van der Waals surface area contributed by atoms with E-state index in [0.29, 0.717) is 5.69 Å². The van der Waals surface area contributed by atoms with Crippen LogP contribution in [0.15, 0.2) is 29.4 Å². The Balaban J connectivity index is 2.63. The monoisotopic (exact) mass is 152 g/mol. The summed E-state index contributed by atoms with van der Waals surface area (Å²) in [6, 6.07) is 6.50. The highest BCUT2D eigenvalue weighted by Crippen LogP contribution is 2.14. The van der Waals surface area contributed by atoms with Crippen molar-refractivity contribution in [3.63, 3.8) is 0 Å². The molecule has 0 spiro atoms. The molecule has 1 aromatic rings. The summed E-state index contributed by atoms with van der Waals surface area (Å²) in [5.74, 6) is 0.167. The van der Waals surface area contributed by atoms with Crippen LogP contribution in [-0.4, -0.2) is 11.8 Å². The van der Waals surface area contributed by atoms with Gasteiger partial charge < -0.3 is 10.4 Å². The largest absolute Gasteiger partial charge is 0.508 e. The third-order valence-corrected chi connectivity index (χ3v) is 1.19. The molecule has 11 heavy (non-hydrogen) atoms. The fourth-order valence-electron chi connectivity index (χ4n) is 0.739. The van der Waals surface area contributed by atoms with E-state index >= 15 is 0 Å². The van der Waals surface area contributed by atoms with Gasteiger partial charge in [0.05, 0.1) is 0 Å². The minimum Gasteiger partial charge on any atom is -0.508 e. The molecule has 0 amide bonds. The molecule has 0 aliphatic rings. The predicted octanol–water partition coefficient (Wildman–Crippen LogP) is 1.53. The number of nitroso groups, excluding NO2 is 1. The Hall–Kier alpha value is -1.58. The van der Waals surface area contributed by atoms with Crippen molar-refractivity contribution in [2.75, 3.05) is 12.0 Å². The van der Waals surface area contributed by atoms with Crippen LogP contribution in [0.2, 0.25) is 0 Å². The SMILES string of the molecule is O=NCNc1cccc(O)c1. The number of anilines is 1. The second-order valence-corrected chi connectivity index (χ2v) is 2.01. The van der Waals surface area contributed by atoms with E-state index in [9.17, 15) is 4.91 Å². The number of aromatic hydroxyl groups is 1. The molecule has 0 aliphatic heterocycles. The molecule has 0 unspecified atom stereocenters. The lowest BCUT2D eigenvalue weighted by molar-refractivity contribution is 0.475. The summed E-state index contributed by atoms with van der Waals surface area (Å²) >= 11 is 0. The average molecular weight is 152 g/mol. The molecule has 0 radical (unpaired) electrons. The van der Waals surface area contributed by atoms with Crippen LogP contribution < -0.4 is 5.32 Å². The van der Waals surface area contributed by atoms with Crippen molar-refractivity contribution in [2.24, 2.45) is 5.18 Å². The van der Waals surface area contributed by atoms with Gasteiger partial charge in [-0.25, -0.2) is 0 Å². The smallest absolute Gasteiger partial charge is 0.150 e. The molecule has 1 aromatic carbocycles. The molecule has 4 heteroatoms. The van der Waals surface area contributed by atoms with Crippen molar-refractivity contribution in [1.29, 1.82) is 0 Å². The summed E-state index contributed by atoms with van der Waals surface area (Å²) in [6.07, 6.45) is 0. The van der Waals surface area contributed by atoms with Gasteiger partial charge in [-0.3, -0.25) is 0 Å². The standard InChI is InChI=1S/C7H8N2O2/c10-7-3-1-2-6(4-7)8-5-9-11/h1-4,8,10H,5H2. The van der Waals surface area contributed by atoms with E-state index < -0.39 is 0 Å². The van der Waals surface area contributed by atoms with E-state index in [-0.39, 0.29) is 12.4 Å². The van der Waals surface area contributed by atoms with Crippen molar-refractivity contribution in [1.82, 2.24) is 0 Å². The van der Waals surface area contributed by atoms with Crippen LogP contribution in [0, 0.1) is 4.91 Å². The molecule has 2 N–H and O–H groups in total. The molecule has 58 valence electrons. The number of hydrogen-bond donors (Lipinski definition) is 2. The van der Waals surface area contributed by atoms with Gasteiger partial charge in [0.15, 0.2) is 0 Å². The number of hydrogen-bond acceptors (Lipinski definition) is 4. The Labute approximate surface area is 63.8 Å². The second-order valence-electron chi connectivity index (χ2n) is 2.01. The Morgan fingerprint density at radius 2 is 2.36 bits per heavy atom. The van der Waals surface area contributed by atoms with Crippen molar-refractivity contribution < 1.29 is 5.11 Å². The maximum atomic E-state index is 9.69. The maximum Gasteiger partial charge on any atom is 0.150 e. The highest BCUT2D eigenvalue weighted by Gasteiger charge is 1.90. The first-order valence-corrected chi connectivity index (χ1v) is 3.15. The molecule has 0 bridgehead atoms. The van der Waals surface area contributed by atoms with Crippen LogP contribution in [0.25, 0.3) is 0 Å². The fraction of sp³-hybridized carbons (Fsp3) is 0.143. The summed E-state index contributed by atoms with van der Waals surface area (Å²) < 4.78 is 0. The van der Waals surface area contributed by atoms with Gasteiger partial charge >= 0.3 is 0 Å². The number of nitrogens with zero attached hydrogens (tertiary/aromatic N) is 1. The Kier molecular flexibility index (Phi) is 2.43. The molecule has 0 aromatic heterocycles. The van der Waals surface area contributed by atoms with Gasteiger partial charge in [-0.15, -0.1) is 4.91 Å². The average Bonchev–Trinajstić information content (AvgIpc) is 2.01. The minimum absolute atomic E-state index is 0.0173.